The highest BCUT2D eigenvalue weighted by Gasteiger charge is 2.35. The van der Waals surface area contributed by atoms with Gasteiger partial charge in [0.1, 0.15) is 0 Å². The molecule has 92 valence electrons. The molecule has 3 aliphatic heterocycles. The molecule has 0 radical (unpaired) electrons. The van der Waals surface area contributed by atoms with Crippen molar-refractivity contribution in [2.75, 3.05) is 20.2 Å². The Balaban J connectivity index is 1.52. The minimum atomic E-state index is 0.512. The van der Waals surface area contributed by atoms with Crippen LogP contribution in [0.5, 0.6) is 0 Å². The van der Waals surface area contributed by atoms with Crippen molar-refractivity contribution < 1.29 is 4.74 Å². The Bertz CT molecular complexity index is 228. The van der Waals surface area contributed by atoms with Crippen LogP contribution in [0.15, 0.2) is 0 Å². The van der Waals surface area contributed by atoms with Gasteiger partial charge in [-0.2, -0.15) is 0 Å². The average Bonchev–Trinajstić information content (AvgIpc) is 2.89. The summed E-state index contributed by atoms with van der Waals surface area (Å²) in [5.74, 6) is 0. The lowest BCUT2D eigenvalue weighted by Crippen LogP contribution is -2.48. The van der Waals surface area contributed by atoms with Crippen LogP contribution < -0.4 is 5.32 Å². The van der Waals surface area contributed by atoms with Crippen LogP contribution in [0.2, 0.25) is 0 Å². The van der Waals surface area contributed by atoms with E-state index in [2.05, 4.69) is 17.3 Å². The summed E-state index contributed by atoms with van der Waals surface area (Å²) in [6.45, 7) is 2.13. The van der Waals surface area contributed by atoms with Crippen molar-refractivity contribution in [3.63, 3.8) is 0 Å². The number of likely N-dealkylation sites (N-methyl/N-ethyl adjacent to an activating group) is 1. The first kappa shape index (κ1) is 11.0. The molecular formula is C13H24N2O. The maximum Gasteiger partial charge on any atom is 0.0702 e. The quantitative estimate of drug-likeness (QED) is 0.784. The molecule has 0 saturated carbocycles. The fourth-order valence-corrected chi connectivity index (χ4v) is 3.65. The van der Waals surface area contributed by atoms with E-state index in [4.69, 9.17) is 4.74 Å². The highest BCUT2D eigenvalue weighted by atomic mass is 16.5. The highest BCUT2D eigenvalue weighted by Crippen LogP contribution is 2.29. The molecule has 0 aromatic carbocycles. The van der Waals surface area contributed by atoms with Gasteiger partial charge in [0.15, 0.2) is 0 Å². The molecule has 2 bridgehead atoms. The summed E-state index contributed by atoms with van der Waals surface area (Å²) in [5.41, 5.74) is 0. The normalized spacial score (nSPS) is 43.1. The number of fused-ring (bicyclic) bond motifs is 2. The monoisotopic (exact) mass is 224 g/mol. The number of rotatable bonds is 3. The first-order valence-electron chi connectivity index (χ1n) is 6.89. The molecule has 0 aromatic rings. The third kappa shape index (κ3) is 2.27. The van der Waals surface area contributed by atoms with Crippen molar-refractivity contribution >= 4 is 0 Å². The van der Waals surface area contributed by atoms with E-state index in [1.165, 1.54) is 38.5 Å². The molecule has 3 aliphatic rings. The van der Waals surface area contributed by atoms with E-state index in [9.17, 15) is 0 Å². The standard InChI is InChI=1S/C13H24N2O/c1-15(9-13-3-2-6-16-13)12-7-10-4-5-11(8-12)14-10/h10-14H,2-9H2,1H3. The lowest BCUT2D eigenvalue weighted by Gasteiger charge is -2.36. The van der Waals surface area contributed by atoms with Gasteiger partial charge >= 0.3 is 0 Å². The molecule has 3 unspecified atom stereocenters. The van der Waals surface area contributed by atoms with Crippen LogP contribution in [-0.4, -0.2) is 49.3 Å². The lowest BCUT2D eigenvalue weighted by atomic mass is 9.98. The van der Waals surface area contributed by atoms with Gasteiger partial charge in [-0.25, -0.2) is 0 Å². The molecule has 3 atom stereocenters. The van der Waals surface area contributed by atoms with E-state index < -0.39 is 0 Å². The van der Waals surface area contributed by atoms with Gasteiger partial charge in [-0.15, -0.1) is 0 Å². The summed E-state index contributed by atoms with van der Waals surface area (Å²) < 4.78 is 5.73. The largest absolute Gasteiger partial charge is 0.377 e. The van der Waals surface area contributed by atoms with Crippen molar-refractivity contribution in [1.29, 1.82) is 0 Å². The number of piperidine rings is 1. The third-order valence-electron chi connectivity index (χ3n) is 4.59. The van der Waals surface area contributed by atoms with Gasteiger partial charge in [0.2, 0.25) is 0 Å². The fourth-order valence-electron chi connectivity index (χ4n) is 3.65. The molecule has 3 fully saturated rings. The van der Waals surface area contributed by atoms with E-state index in [1.54, 1.807) is 0 Å². The van der Waals surface area contributed by atoms with Crippen LogP contribution in [0.25, 0.3) is 0 Å². The van der Waals surface area contributed by atoms with E-state index in [0.29, 0.717) is 6.10 Å². The van der Waals surface area contributed by atoms with Crippen LogP contribution >= 0.6 is 0 Å². The van der Waals surface area contributed by atoms with Gasteiger partial charge in [-0.1, -0.05) is 0 Å². The smallest absolute Gasteiger partial charge is 0.0702 e. The van der Waals surface area contributed by atoms with Crippen molar-refractivity contribution in [1.82, 2.24) is 10.2 Å². The highest BCUT2D eigenvalue weighted by molar-refractivity contribution is 4.95. The van der Waals surface area contributed by atoms with Crippen LogP contribution in [0, 0.1) is 0 Å². The zero-order chi connectivity index (χ0) is 11.0. The second kappa shape index (κ2) is 4.63. The minimum Gasteiger partial charge on any atom is -0.377 e. The topological polar surface area (TPSA) is 24.5 Å². The molecule has 0 spiro atoms. The summed E-state index contributed by atoms with van der Waals surface area (Å²) in [4.78, 5) is 2.56. The number of hydrogen-bond acceptors (Lipinski definition) is 3. The maximum atomic E-state index is 5.73. The summed E-state index contributed by atoms with van der Waals surface area (Å²) in [6.07, 6.45) is 8.53. The molecule has 1 N–H and O–H groups in total. The molecule has 3 heterocycles. The number of nitrogens with one attached hydrogen (secondary N) is 1. The molecule has 3 heteroatoms. The van der Waals surface area contributed by atoms with Gasteiger partial charge in [0.05, 0.1) is 6.10 Å². The fraction of sp³-hybridized carbons (Fsp3) is 1.00. The molecule has 3 nitrogen and oxygen atoms in total. The Hall–Kier alpha value is -0.120. The second-order valence-electron chi connectivity index (χ2n) is 5.84. The van der Waals surface area contributed by atoms with Crippen LogP contribution in [-0.2, 0) is 4.74 Å². The van der Waals surface area contributed by atoms with E-state index in [1.807, 2.05) is 0 Å². The van der Waals surface area contributed by atoms with Crippen LogP contribution in [0.1, 0.15) is 38.5 Å². The second-order valence-corrected chi connectivity index (χ2v) is 5.84. The Labute approximate surface area is 98.5 Å². The third-order valence-corrected chi connectivity index (χ3v) is 4.59. The molecule has 16 heavy (non-hydrogen) atoms. The Morgan fingerprint density at radius 1 is 1.19 bits per heavy atom. The van der Waals surface area contributed by atoms with Gasteiger partial charge in [-0.05, 0) is 45.6 Å². The Morgan fingerprint density at radius 3 is 2.56 bits per heavy atom. The molecule has 3 rings (SSSR count). The molecule has 0 aromatic heterocycles. The Morgan fingerprint density at radius 2 is 1.94 bits per heavy atom. The first-order valence-corrected chi connectivity index (χ1v) is 6.89. The van der Waals surface area contributed by atoms with Crippen LogP contribution in [0.4, 0.5) is 0 Å². The molecule has 3 saturated heterocycles. The summed E-state index contributed by atoms with van der Waals surface area (Å²) in [7, 11) is 2.29. The van der Waals surface area contributed by atoms with Gasteiger partial charge in [0.25, 0.3) is 0 Å². The summed E-state index contributed by atoms with van der Waals surface area (Å²) >= 11 is 0. The lowest BCUT2D eigenvalue weighted by molar-refractivity contribution is 0.0580. The van der Waals surface area contributed by atoms with E-state index in [0.717, 1.165) is 31.3 Å². The number of hydrogen-bond donors (Lipinski definition) is 1. The molecule has 0 amide bonds. The van der Waals surface area contributed by atoms with Crippen LogP contribution in [0.3, 0.4) is 0 Å². The number of ether oxygens (including phenoxy) is 1. The van der Waals surface area contributed by atoms with E-state index >= 15 is 0 Å². The summed E-state index contributed by atoms with van der Waals surface area (Å²) in [5, 5.41) is 3.71. The van der Waals surface area contributed by atoms with Crippen molar-refractivity contribution in [2.45, 2.75) is 62.8 Å². The maximum absolute atomic E-state index is 5.73. The molecule has 0 aliphatic carbocycles. The minimum absolute atomic E-state index is 0.512. The van der Waals surface area contributed by atoms with Gasteiger partial charge < -0.3 is 15.0 Å². The average molecular weight is 224 g/mol. The van der Waals surface area contributed by atoms with Gasteiger partial charge in [-0.3, -0.25) is 0 Å². The zero-order valence-corrected chi connectivity index (χ0v) is 10.3. The molecular weight excluding hydrogens is 200 g/mol. The predicted molar refractivity (Wildman–Crippen MR) is 64.6 cm³/mol. The predicted octanol–water partition coefficient (Wildman–Crippen LogP) is 1.38. The summed E-state index contributed by atoms with van der Waals surface area (Å²) in [6, 6.07) is 2.40. The van der Waals surface area contributed by atoms with Crippen molar-refractivity contribution in [2.24, 2.45) is 0 Å². The number of nitrogens with zero attached hydrogens (tertiary/aromatic N) is 1. The van der Waals surface area contributed by atoms with Gasteiger partial charge in [0, 0.05) is 31.3 Å². The Kier molecular flexibility index (Phi) is 3.18. The van der Waals surface area contributed by atoms with E-state index in [-0.39, 0.29) is 0 Å². The zero-order valence-electron chi connectivity index (χ0n) is 10.3. The van der Waals surface area contributed by atoms with Crippen molar-refractivity contribution in [3.05, 3.63) is 0 Å². The van der Waals surface area contributed by atoms with Crippen molar-refractivity contribution in [3.8, 4) is 0 Å². The first-order chi connectivity index (χ1) is 7.81. The SMILES string of the molecule is CN(CC1CCCO1)C1CC2CCC(C1)N2.